The predicted molar refractivity (Wildman–Crippen MR) is 95.6 cm³/mol. The third-order valence-corrected chi connectivity index (χ3v) is 4.45. The first-order valence-corrected chi connectivity index (χ1v) is 8.87. The quantitative estimate of drug-likeness (QED) is 0.614. The lowest BCUT2D eigenvalue weighted by Gasteiger charge is -2.09. The smallest absolute Gasteiger partial charge is 0.234 e. The minimum atomic E-state index is -0.118. The zero-order valence-electron chi connectivity index (χ0n) is 14.4. The highest BCUT2D eigenvalue weighted by Crippen LogP contribution is 2.21. The number of nitrogens with zero attached hydrogens (tertiary/aromatic N) is 3. The summed E-state index contributed by atoms with van der Waals surface area (Å²) in [4.78, 5) is 23.3. The Labute approximate surface area is 146 Å². The van der Waals surface area contributed by atoms with Gasteiger partial charge in [-0.3, -0.25) is 9.59 Å². The third kappa shape index (κ3) is 4.44. The fourth-order valence-electron chi connectivity index (χ4n) is 2.25. The van der Waals surface area contributed by atoms with E-state index in [0.29, 0.717) is 17.2 Å². The van der Waals surface area contributed by atoms with E-state index in [1.807, 2.05) is 11.5 Å². The van der Waals surface area contributed by atoms with Gasteiger partial charge in [0, 0.05) is 23.7 Å². The van der Waals surface area contributed by atoms with Gasteiger partial charge in [0.1, 0.15) is 5.82 Å². The molecule has 1 heterocycles. The molecule has 0 bridgehead atoms. The van der Waals surface area contributed by atoms with Crippen molar-refractivity contribution < 1.29 is 9.59 Å². The second-order valence-corrected chi connectivity index (χ2v) is 6.65. The SMILES string of the molecule is CCn1c(SCC(=O)Nc2ccc(C(C)=O)cc2)nnc1C(C)C. The van der Waals surface area contributed by atoms with Gasteiger partial charge in [0.2, 0.25) is 5.91 Å². The normalized spacial score (nSPS) is 10.9. The molecule has 1 aromatic carbocycles. The van der Waals surface area contributed by atoms with Crippen molar-refractivity contribution in [2.24, 2.45) is 0 Å². The maximum absolute atomic E-state index is 12.1. The van der Waals surface area contributed by atoms with Crippen LogP contribution in [0.5, 0.6) is 0 Å². The third-order valence-electron chi connectivity index (χ3n) is 3.49. The summed E-state index contributed by atoms with van der Waals surface area (Å²) in [7, 11) is 0. The number of rotatable bonds is 7. The van der Waals surface area contributed by atoms with Gasteiger partial charge in [0.05, 0.1) is 5.75 Å². The van der Waals surface area contributed by atoms with Gasteiger partial charge in [-0.2, -0.15) is 0 Å². The molecule has 2 aromatic rings. The van der Waals surface area contributed by atoms with E-state index in [0.717, 1.165) is 17.5 Å². The van der Waals surface area contributed by atoms with E-state index in [-0.39, 0.29) is 17.4 Å². The maximum Gasteiger partial charge on any atom is 0.234 e. The van der Waals surface area contributed by atoms with Gasteiger partial charge >= 0.3 is 0 Å². The van der Waals surface area contributed by atoms with Crippen LogP contribution in [0.2, 0.25) is 0 Å². The van der Waals surface area contributed by atoms with Gasteiger partial charge in [-0.25, -0.2) is 0 Å². The number of benzene rings is 1. The highest BCUT2D eigenvalue weighted by molar-refractivity contribution is 7.99. The van der Waals surface area contributed by atoms with Crippen molar-refractivity contribution in [1.29, 1.82) is 0 Å². The van der Waals surface area contributed by atoms with Crippen molar-refractivity contribution in [3.63, 3.8) is 0 Å². The zero-order valence-corrected chi connectivity index (χ0v) is 15.2. The molecule has 1 aromatic heterocycles. The van der Waals surface area contributed by atoms with Crippen molar-refractivity contribution >= 4 is 29.1 Å². The molecule has 6 nitrogen and oxygen atoms in total. The molecule has 0 aliphatic rings. The van der Waals surface area contributed by atoms with Crippen molar-refractivity contribution in [3.05, 3.63) is 35.7 Å². The number of ketones is 1. The lowest BCUT2D eigenvalue weighted by atomic mass is 10.1. The number of Topliss-reactive ketones (excluding diaryl/α,β-unsaturated/α-hetero) is 1. The minimum Gasteiger partial charge on any atom is -0.325 e. The van der Waals surface area contributed by atoms with Crippen LogP contribution in [0.4, 0.5) is 5.69 Å². The molecule has 1 N–H and O–H groups in total. The number of carbonyl (C=O) groups is 2. The van der Waals surface area contributed by atoms with Crippen molar-refractivity contribution in [1.82, 2.24) is 14.8 Å². The van der Waals surface area contributed by atoms with E-state index in [2.05, 4.69) is 29.4 Å². The van der Waals surface area contributed by atoms with Gasteiger partial charge in [-0.1, -0.05) is 25.6 Å². The first-order chi connectivity index (χ1) is 11.4. The Hall–Kier alpha value is -2.15. The minimum absolute atomic E-state index is 0.00305. The van der Waals surface area contributed by atoms with Crippen LogP contribution in [0.25, 0.3) is 0 Å². The molecule has 0 saturated carbocycles. The highest BCUT2D eigenvalue weighted by atomic mass is 32.2. The number of hydrogen-bond acceptors (Lipinski definition) is 5. The van der Waals surface area contributed by atoms with Crippen LogP contribution >= 0.6 is 11.8 Å². The predicted octanol–water partition coefficient (Wildman–Crippen LogP) is 3.35. The first kappa shape index (κ1) is 18.2. The van der Waals surface area contributed by atoms with E-state index in [4.69, 9.17) is 0 Å². The van der Waals surface area contributed by atoms with Crippen LogP contribution in [0, 0.1) is 0 Å². The van der Waals surface area contributed by atoms with Crippen LogP contribution in [0.15, 0.2) is 29.4 Å². The number of nitrogens with one attached hydrogen (secondary N) is 1. The summed E-state index contributed by atoms with van der Waals surface area (Å²) in [5.41, 5.74) is 1.30. The topological polar surface area (TPSA) is 76.9 Å². The number of anilines is 1. The van der Waals surface area contributed by atoms with Crippen LogP contribution in [-0.2, 0) is 11.3 Å². The maximum atomic E-state index is 12.1. The zero-order chi connectivity index (χ0) is 17.7. The van der Waals surface area contributed by atoms with Crippen LogP contribution in [0.3, 0.4) is 0 Å². The summed E-state index contributed by atoms with van der Waals surface area (Å²) in [6.45, 7) is 8.47. The summed E-state index contributed by atoms with van der Waals surface area (Å²) in [5, 5.41) is 11.9. The lowest BCUT2D eigenvalue weighted by molar-refractivity contribution is -0.113. The second-order valence-electron chi connectivity index (χ2n) is 5.71. The standard InChI is InChI=1S/C17H22N4O2S/c1-5-21-16(11(2)3)19-20-17(21)24-10-15(23)18-14-8-6-13(7-9-14)12(4)22/h6-9,11H,5,10H2,1-4H3,(H,18,23). The van der Waals surface area contributed by atoms with Gasteiger partial charge < -0.3 is 9.88 Å². The lowest BCUT2D eigenvalue weighted by Crippen LogP contribution is -2.15. The summed E-state index contributed by atoms with van der Waals surface area (Å²) >= 11 is 1.37. The molecule has 0 unspecified atom stereocenters. The number of carbonyl (C=O) groups excluding carboxylic acids is 2. The summed E-state index contributed by atoms with van der Waals surface area (Å²) in [6.07, 6.45) is 0. The van der Waals surface area contributed by atoms with E-state index in [1.165, 1.54) is 18.7 Å². The largest absolute Gasteiger partial charge is 0.325 e. The molecule has 0 saturated heterocycles. The molecule has 0 aliphatic carbocycles. The molecule has 0 fully saturated rings. The Bertz CT molecular complexity index is 723. The Balaban J connectivity index is 1.95. The van der Waals surface area contributed by atoms with E-state index >= 15 is 0 Å². The molecular formula is C17H22N4O2S. The van der Waals surface area contributed by atoms with Crippen molar-refractivity contribution in [2.75, 3.05) is 11.1 Å². The molecular weight excluding hydrogens is 324 g/mol. The Morgan fingerprint density at radius 1 is 1.21 bits per heavy atom. The first-order valence-electron chi connectivity index (χ1n) is 7.89. The monoisotopic (exact) mass is 346 g/mol. The number of thioether (sulfide) groups is 1. The van der Waals surface area contributed by atoms with E-state index in [1.54, 1.807) is 24.3 Å². The molecule has 0 aliphatic heterocycles. The highest BCUT2D eigenvalue weighted by Gasteiger charge is 2.15. The summed E-state index contributed by atoms with van der Waals surface area (Å²) in [5.74, 6) is 1.36. The molecule has 0 atom stereocenters. The average Bonchev–Trinajstić information content (AvgIpc) is 2.96. The Morgan fingerprint density at radius 2 is 1.88 bits per heavy atom. The van der Waals surface area contributed by atoms with Crippen molar-refractivity contribution in [2.45, 2.75) is 45.3 Å². The number of hydrogen-bond donors (Lipinski definition) is 1. The molecule has 128 valence electrons. The van der Waals surface area contributed by atoms with Gasteiger partial charge in [0.15, 0.2) is 10.9 Å². The number of aromatic nitrogens is 3. The Kier molecular flexibility index (Phi) is 6.14. The molecule has 2 rings (SSSR count). The van der Waals surface area contributed by atoms with E-state index < -0.39 is 0 Å². The molecule has 0 radical (unpaired) electrons. The van der Waals surface area contributed by atoms with Gasteiger partial charge in [-0.05, 0) is 38.1 Å². The van der Waals surface area contributed by atoms with E-state index in [9.17, 15) is 9.59 Å². The molecule has 0 spiro atoms. The molecule has 7 heteroatoms. The van der Waals surface area contributed by atoms with Crippen LogP contribution in [-0.4, -0.2) is 32.2 Å². The van der Waals surface area contributed by atoms with Crippen molar-refractivity contribution in [3.8, 4) is 0 Å². The van der Waals surface area contributed by atoms with Gasteiger partial charge in [-0.15, -0.1) is 10.2 Å². The summed E-state index contributed by atoms with van der Waals surface area (Å²) in [6, 6.07) is 6.86. The average molecular weight is 346 g/mol. The molecule has 1 amide bonds. The number of amides is 1. The summed E-state index contributed by atoms with van der Waals surface area (Å²) < 4.78 is 2.03. The van der Waals surface area contributed by atoms with Gasteiger partial charge in [0.25, 0.3) is 0 Å². The fourth-order valence-corrected chi connectivity index (χ4v) is 3.06. The van der Waals surface area contributed by atoms with Crippen LogP contribution < -0.4 is 5.32 Å². The second kappa shape index (κ2) is 8.10. The fraction of sp³-hybridized carbons (Fsp3) is 0.412. The van der Waals surface area contributed by atoms with Crippen LogP contribution in [0.1, 0.15) is 49.8 Å². The molecule has 24 heavy (non-hydrogen) atoms. The Morgan fingerprint density at radius 3 is 2.42 bits per heavy atom.